The number of hydrogen-bond acceptors (Lipinski definition) is 8. The summed E-state index contributed by atoms with van der Waals surface area (Å²) in [6.07, 6.45) is 3.37. The smallest absolute Gasteiger partial charge is 0.410 e. The maximum Gasteiger partial charge on any atom is 0.410 e. The molecule has 2 saturated heterocycles. The van der Waals surface area contributed by atoms with Crippen LogP contribution in [0.4, 0.5) is 16.2 Å². The van der Waals surface area contributed by atoms with Crippen LogP contribution in [0, 0.1) is 6.92 Å². The average molecular weight is 641 g/mol. The maximum atomic E-state index is 13.1. The molecule has 3 N–H and O–H groups in total. The summed E-state index contributed by atoms with van der Waals surface area (Å²) >= 11 is 6.83. The van der Waals surface area contributed by atoms with Crippen molar-refractivity contribution in [2.75, 3.05) is 36.9 Å². The van der Waals surface area contributed by atoms with Gasteiger partial charge in [0.1, 0.15) is 18.0 Å². The summed E-state index contributed by atoms with van der Waals surface area (Å²) in [7, 11) is 0. The maximum absolute atomic E-state index is 13.1. The van der Waals surface area contributed by atoms with Gasteiger partial charge in [-0.05, 0) is 59.9 Å². The molecule has 236 valence electrons. The number of ether oxygens (including phenoxy) is 1. The van der Waals surface area contributed by atoms with Crippen LogP contribution < -0.4 is 10.6 Å². The lowest BCUT2D eigenvalue weighted by Crippen LogP contribution is -2.23. The van der Waals surface area contributed by atoms with Gasteiger partial charge in [0.15, 0.2) is 0 Å². The molecule has 4 aromatic rings. The number of pyridine rings is 2. The highest BCUT2D eigenvalue weighted by atomic mass is 35.5. The molecule has 2 aromatic heterocycles. The number of amides is 3. The first-order valence-electron chi connectivity index (χ1n) is 15.0. The zero-order chi connectivity index (χ0) is 32.2. The van der Waals surface area contributed by atoms with Crippen LogP contribution in [0.3, 0.4) is 0 Å². The number of anilines is 2. The average Bonchev–Trinajstić information content (AvgIpc) is 3.66. The van der Waals surface area contributed by atoms with Gasteiger partial charge >= 0.3 is 6.09 Å². The molecule has 12 heteroatoms. The summed E-state index contributed by atoms with van der Waals surface area (Å²) < 4.78 is 4.96. The predicted molar refractivity (Wildman–Crippen MR) is 174 cm³/mol. The van der Waals surface area contributed by atoms with E-state index in [9.17, 15) is 19.5 Å². The lowest BCUT2D eigenvalue weighted by atomic mass is 9.98. The molecule has 2 fully saturated rings. The molecule has 0 unspecified atom stereocenters. The molecule has 1 atom stereocenters. The molecular weight excluding hydrogens is 608 g/mol. The lowest BCUT2D eigenvalue weighted by Gasteiger charge is -2.16. The Morgan fingerprint density at radius 1 is 0.891 bits per heavy atom. The second kappa shape index (κ2) is 13.7. The van der Waals surface area contributed by atoms with E-state index >= 15 is 0 Å². The zero-order valence-corrected chi connectivity index (χ0v) is 26.0. The summed E-state index contributed by atoms with van der Waals surface area (Å²) in [5.74, 6) is -0.769. The summed E-state index contributed by atoms with van der Waals surface area (Å²) in [4.78, 5) is 50.2. The minimum atomic E-state index is -0.390. The van der Waals surface area contributed by atoms with Gasteiger partial charge in [-0.3, -0.25) is 24.5 Å². The molecule has 0 radical (unpaired) electrons. The van der Waals surface area contributed by atoms with Crippen LogP contribution in [-0.4, -0.2) is 75.1 Å². The van der Waals surface area contributed by atoms with Crippen molar-refractivity contribution in [2.24, 2.45) is 0 Å². The van der Waals surface area contributed by atoms with E-state index in [1.807, 2.05) is 31.2 Å². The third kappa shape index (κ3) is 7.02. The Labute approximate surface area is 271 Å². The second-order valence-corrected chi connectivity index (χ2v) is 11.7. The molecule has 2 aromatic carbocycles. The molecule has 0 saturated carbocycles. The summed E-state index contributed by atoms with van der Waals surface area (Å²) in [5.41, 5.74) is 5.53. The van der Waals surface area contributed by atoms with E-state index in [1.54, 1.807) is 53.7 Å². The molecule has 11 nitrogen and oxygen atoms in total. The number of hydrogen-bond donors (Lipinski definition) is 3. The number of nitrogens with one attached hydrogen (secondary N) is 2. The van der Waals surface area contributed by atoms with Crippen molar-refractivity contribution in [3.8, 4) is 11.1 Å². The summed E-state index contributed by atoms with van der Waals surface area (Å²) in [6, 6.07) is 17.8. The van der Waals surface area contributed by atoms with Crippen LogP contribution in [0.5, 0.6) is 0 Å². The number of rotatable bonds is 9. The van der Waals surface area contributed by atoms with E-state index in [-0.39, 0.29) is 35.4 Å². The van der Waals surface area contributed by atoms with Gasteiger partial charge in [-0.1, -0.05) is 48.0 Å². The fraction of sp³-hybridized carbons (Fsp3) is 0.265. The number of carbonyl (C=O) groups excluding carboxylic acids is 3. The monoisotopic (exact) mass is 640 g/mol. The largest absolute Gasteiger partial charge is 0.448 e. The number of halogens is 1. The van der Waals surface area contributed by atoms with Crippen molar-refractivity contribution in [1.82, 2.24) is 19.8 Å². The lowest BCUT2D eigenvalue weighted by molar-refractivity contribution is 0.101. The van der Waals surface area contributed by atoms with Crippen molar-refractivity contribution >= 4 is 40.9 Å². The molecule has 0 aliphatic carbocycles. The number of aliphatic hydroxyl groups excluding tert-OH is 1. The fourth-order valence-corrected chi connectivity index (χ4v) is 5.86. The van der Waals surface area contributed by atoms with E-state index in [0.29, 0.717) is 54.7 Å². The quantitative estimate of drug-likeness (QED) is 0.229. The van der Waals surface area contributed by atoms with Crippen LogP contribution in [0.15, 0.2) is 73.1 Å². The molecule has 46 heavy (non-hydrogen) atoms. The Morgan fingerprint density at radius 3 is 2.11 bits per heavy atom. The normalized spacial score (nSPS) is 16.4. The van der Waals surface area contributed by atoms with E-state index in [0.717, 1.165) is 35.2 Å². The minimum Gasteiger partial charge on any atom is -0.448 e. The summed E-state index contributed by atoms with van der Waals surface area (Å²) in [6.45, 7) is 5.27. The standard InChI is InChI=1S/C34H33ClN6O5/c1-21-25(4-2-6-27(21)38-32(43)29-11-9-23(17-37-29)19-41-14-15-46-34(41)45)26-5-3-7-28(31(26)35)39-33(44)30-10-8-22(16-36-30)18-40-13-12-24(42)20-40/h2-11,16-17,24,42H,12-15,18-20H2,1H3,(H,38,43)(H,39,44)/t24-/m0/s1. The van der Waals surface area contributed by atoms with Crippen LogP contribution in [0.1, 0.15) is 44.1 Å². The van der Waals surface area contributed by atoms with Crippen LogP contribution in [-0.2, 0) is 17.8 Å². The topological polar surface area (TPSA) is 137 Å². The molecule has 2 aliphatic heterocycles. The zero-order valence-electron chi connectivity index (χ0n) is 25.2. The molecule has 2 aliphatic rings. The molecule has 3 amide bonds. The van der Waals surface area contributed by atoms with Gasteiger partial charge in [0.05, 0.1) is 29.9 Å². The van der Waals surface area contributed by atoms with E-state index in [1.165, 1.54) is 0 Å². The fourth-order valence-electron chi connectivity index (χ4n) is 5.58. The first kappa shape index (κ1) is 31.2. The molecule has 0 spiro atoms. The number of aliphatic hydroxyl groups is 1. The van der Waals surface area contributed by atoms with Crippen molar-refractivity contribution in [2.45, 2.75) is 32.5 Å². The number of benzene rings is 2. The molecule has 4 heterocycles. The Morgan fingerprint density at radius 2 is 1.52 bits per heavy atom. The minimum absolute atomic E-state index is 0.233. The first-order valence-corrected chi connectivity index (χ1v) is 15.4. The number of carbonyl (C=O) groups is 3. The van der Waals surface area contributed by atoms with E-state index in [4.69, 9.17) is 16.3 Å². The first-order chi connectivity index (χ1) is 22.2. The third-order valence-corrected chi connectivity index (χ3v) is 8.51. The van der Waals surface area contributed by atoms with Crippen molar-refractivity contribution in [3.63, 3.8) is 0 Å². The van der Waals surface area contributed by atoms with E-state index in [2.05, 4.69) is 25.5 Å². The van der Waals surface area contributed by atoms with Crippen molar-refractivity contribution in [3.05, 3.63) is 106 Å². The Bertz CT molecular complexity index is 1770. The Balaban J connectivity index is 1.12. The van der Waals surface area contributed by atoms with Crippen LogP contribution in [0.2, 0.25) is 5.02 Å². The molecular formula is C34H33ClN6O5. The SMILES string of the molecule is Cc1c(NC(=O)c2ccc(CN3CCOC3=O)cn2)cccc1-c1cccc(NC(=O)c2ccc(CN3CC[C@H](O)C3)cn2)c1Cl. The van der Waals surface area contributed by atoms with Crippen LogP contribution >= 0.6 is 11.6 Å². The molecule has 0 bridgehead atoms. The van der Waals surface area contributed by atoms with Gasteiger partial charge in [0, 0.05) is 43.3 Å². The highest BCUT2D eigenvalue weighted by Crippen LogP contribution is 2.37. The van der Waals surface area contributed by atoms with Crippen molar-refractivity contribution in [1.29, 1.82) is 0 Å². The predicted octanol–water partition coefficient (Wildman–Crippen LogP) is 5.13. The van der Waals surface area contributed by atoms with Gasteiger partial charge in [0.25, 0.3) is 11.8 Å². The van der Waals surface area contributed by atoms with Gasteiger partial charge < -0.3 is 25.4 Å². The highest BCUT2D eigenvalue weighted by molar-refractivity contribution is 6.36. The Hall–Kier alpha value is -4.84. The second-order valence-electron chi connectivity index (χ2n) is 11.4. The number of cyclic esters (lactones) is 1. The van der Waals surface area contributed by atoms with Gasteiger partial charge in [0.2, 0.25) is 0 Å². The number of aromatic nitrogens is 2. The highest BCUT2D eigenvalue weighted by Gasteiger charge is 2.23. The van der Waals surface area contributed by atoms with Gasteiger partial charge in [-0.2, -0.15) is 0 Å². The van der Waals surface area contributed by atoms with E-state index < -0.39 is 0 Å². The van der Waals surface area contributed by atoms with Crippen molar-refractivity contribution < 1.29 is 24.2 Å². The van der Waals surface area contributed by atoms with Crippen LogP contribution in [0.25, 0.3) is 11.1 Å². The van der Waals surface area contributed by atoms with Gasteiger partial charge in [-0.15, -0.1) is 0 Å². The summed E-state index contributed by atoms with van der Waals surface area (Å²) in [5, 5.41) is 15.9. The van der Waals surface area contributed by atoms with Gasteiger partial charge in [-0.25, -0.2) is 4.79 Å². The molecule has 6 rings (SSSR count). The number of likely N-dealkylation sites (tertiary alicyclic amines) is 1. The third-order valence-electron chi connectivity index (χ3n) is 8.11. The Kier molecular flexibility index (Phi) is 9.25. The number of nitrogens with zero attached hydrogens (tertiary/aromatic N) is 4. The number of β-amino-alcohol motifs (C(OH)–C–C–N with tert-alkyl or cyclic N) is 1.